The van der Waals surface area contributed by atoms with Crippen molar-refractivity contribution in [2.45, 2.75) is 45.4 Å². The van der Waals surface area contributed by atoms with Crippen LogP contribution in [0.3, 0.4) is 0 Å². The number of rotatable bonds is 8. The Labute approximate surface area is 191 Å². The van der Waals surface area contributed by atoms with Crippen molar-refractivity contribution in [3.8, 4) is 22.3 Å². The molecule has 33 heavy (non-hydrogen) atoms. The maximum Gasteiger partial charge on any atom is 0.138 e. The number of aryl methyl sites for hydroxylation is 1. The van der Waals surface area contributed by atoms with Gasteiger partial charge < -0.3 is 0 Å². The Morgan fingerprint density at radius 3 is 2.15 bits per heavy atom. The van der Waals surface area contributed by atoms with E-state index in [9.17, 15) is 13.2 Å². The van der Waals surface area contributed by atoms with Crippen LogP contribution in [0.15, 0.2) is 66.7 Å². The average Bonchev–Trinajstić information content (AvgIpc) is 2.79. The molecule has 4 aromatic carbocycles. The summed E-state index contributed by atoms with van der Waals surface area (Å²) >= 11 is 0. The van der Waals surface area contributed by atoms with Gasteiger partial charge in [0.25, 0.3) is 0 Å². The first-order valence-electron chi connectivity index (χ1n) is 11.4. The number of unbranched alkanes of at least 4 members (excludes halogenated alkanes) is 4. The lowest BCUT2D eigenvalue weighted by atomic mass is 9.95. The Balaban J connectivity index is 1.63. The zero-order valence-electron chi connectivity index (χ0n) is 18.6. The van der Waals surface area contributed by atoms with Crippen LogP contribution in [-0.4, -0.2) is 0 Å². The summed E-state index contributed by atoms with van der Waals surface area (Å²) in [7, 11) is 0. The predicted octanol–water partition coefficient (Wildman–Crippen LogP) is 9.24. The highest BCUT2D eigenvalue weighted by atomic mass is 19.1. The van der Waals surface area contributed by atoms with Gasteiger partial charge in [-0.3, -0.25) is 0 Å². The molecular weight excluding hydrogens is 424 g/mol. The molecule has 0 saturated carbocycles. The Bertz CT molecular complexity index is 1250. The van der Waals surface area contributed by atoms with Gasteiger partial charge in [-0.25, -0.2) is 17.6 Å². The predicted molar refractivity (Wildman–Crippen MR) is 127 cm³/mol. The topological polar surface area (TPSA) is 0 Å². The van der Waals surface area contributed by atoms with E-state index in [2.05, 4.69) is 6.92 Å². The van der Waals surface area contributed by atoms with Crippen LogP contribution in [-0.2, 0) is 6.42 Å². The van der Waals surface area contributed by atoms with Crippen LogP contribution >= 0.6 is 0 Å². The molecule has 0 aromatic heterocycles. The SMILES string of the molecule is CCCCCCCc1ccc2c(F)c(-c3cc(F)c(-c4cccc(F)c4)c(F)c3)ccc2c1. The van der Waals surface area contributed by atoms with E-state index in [1.807, 2.05) is 12.1 Å². The van der Waals surface area contributed by atoms with Crippen LogP contribution in [0.25, 0.3) is 33.0 Å². The molecule has 4 heteroatoms. The van der Waals surface area contributed by atoms with Gasteiger partial charge in [-0.2, -0.15) is 0 Å². The fourth-order valence-electron chi connectivity index (χ4n) is 4.30. The number of hydrogen-bond acceptors (Lipinski definition) is 0. The Morgan fingerprint density at radius 2 is 1.42 bits per heavy atom. The Kier molecular flexibility index (Phi) is 7.12. The molecule has 0 amide bonds. The Morgan fingerprint density at radius 1 is 0.667 bits per heavy atom. The molecule has 0 radical (unpaired) electrons. The highest BCUT2D eigenvalue weighted by Crippen LogP contribution is 2.34. The third-order valence-electron chi connectivity index (χ3n) is 6.05. The van der Waals surface area contributed by atoms with Crippen molar-refractivity contribution in [3.63, 3.8) is 0 Å². The monoisotopic (exact) mass is 450 g/mol. The third-order valence-corrected chi connectivity index (χ3v) is 6.05. The first kappa shape index (κ1) is 23.0. The summed E-state index contributed by atoms with van der Waals surface area (Å²) in [5.41, 5.74) is 1.14. The van der Waals surface area contributed by atoms with Crippen LogP contribution < -0.4 is 0 Å². The maximum atomic E-state index is 15.3. The van der Waals surface area contributed by atoms with E-state index in [0.29, 0.717) is 5.39 Å². The number of halogens is 4. The summed E-state index contributed by atoms with van der Waals surface area (Å²) in [5, 5.41) is 1.18. The highest BCUT2D eigenvalue weighted by molar-refractivity contribution is 5.89. The largest absolute Gasteiger partial charge is 0.207 e. The van der Waals surface area contributed by atoms with E-state index in [-0.39, 0.29) is 22.3 Å². The van der Waals surface area contributed by atoms with Crippen LogP contribution in [0.4, 0.5) is 17.6 Å². The van der Waals surface area contributed by atoms with Gasteiger partial charge in [0.1, 0.15) is 23.3 Å². The molecule has 0 atom stereocenters. The lowest BCUT2D eigenvalue weighted by molar-refractivity contribution is 0.589. The van der Waals surface area contributed by atoms with Crippen LogP contribution in [0.2, 0.25) is 0 Å². The molecule has 4 aromatic rings. The summed E-state index contributed by atoms with van der Waals surface area (Å²) in [6.07, 6.45) is 6.91. The van der Waals surface area contributed by atoms with Crippen molar-refractivity contribution in [1.29, 1.82) is 0 Å². The molecule has 0 unspecified atom stereocenters. The third kappa shape index (κ3) is 5.11. The Hall–Kier alpha value is -3.14. The van der Waals surface area contributed by atoms with Gasteiger partial charge in [-0.15, -0.1) is 0 Å². The molecule has 0 N–H and O–H groups in total. The summed E-state index contributed by atoms with van der Waals surface area (Å²) in [6.45, 7) is 2.19. The molecule has 0 heterocycles. The van der Waals surface area contributed by atoms with Gasteiger partial charge in [-0.05, 0) is 59.2 Å². The number of benzene rings is 4. The molecule has 0 nitrogen and oxygen atoms in total. The second kappa shape index (κ2) is 10.2. The van der Waals surface area contributed by atoms with Crippen LogP contribution in [0.5, 0.6) is 0 Å². The zero-order chi connectivity index (χ0) is 23.4. The second-order valence-electron chi connectivity index (χ2n) is 8.47. The van der Waals surface area contributed by atoms with Crippen molar-refractivity contribution in [2.75, 3.05) is 0 Å². The van der Waals surface area contributed by atoms with Gasteiger partial charge >= 0.3 is 0 Å². The van der Waals surface area contributed by atoms with Crippen molar-refractivity contribution >= 4 is 10.8 Å². The summed E-state index contributed by atoms with van der Waals surface area (Å²) in [6, 6.07) is 16.3. The van der Waals surface area contributed by atoms with Crippen molar-refractivity contribution in [1.82, 2.24) is 0 Å². The average molecular weight is 451 g/mol. The molecule has 4 rings (SSSR count). The lowest BCUT2D eigenvalue weighted by Crippen LogP contribution is -1.95. The van der Waals surface area contributed by atoms with E-state index < -0.39 is 23.3 Å². The van der Waals surface area contributed by atoms with E-state index >= 15 is 4.39 Å². The second-order valence-corrected chi connectivity index (χ2v) is 8.47. The van der Waals surface area contributed by atoms with E-state index in [4.69, 9.17) is 0 Å². The standard InChI is InChI=1S/C29H26F4/c1-2-3-4-5-6-8-19-11-13-24-20(15-19)12-14-25(29(24)33)22-17-26(31)28(27(32)18-22)21-9-7-10-23(30)16-21/h7,9-18H,2-6,8H2,1H3. The minimum atomic E-state index is -0.867. The minimum absolute atomic E-state index is 0.0951. The molecule has 0 spiro atoms. The zero-order valence-corrected chi connectivity index (χ0v) is 18.6. The molecule has 0 aliphatic rings. The minimum Gasteiger partial charge on any atom is -0.207 e. The van der Waals surface area contributed by atoms with Gasteiger partial charge in [0, 0.05) is 10.9 Å². The summed E-state index contributed by atoms with van der Waals surface area (Å²) in [5.74, 6) is -2.84. The quantitative estimate of drug-likeness (QED) is 0.185. The smallest absolute Gasteiger partial charge is 0.138 e. The molecule has 0 aliphatic carbocycles. The van der Waals surface area contributed by atoms with Gasteiger partial charge in [0.05, 0.1) is 5.56 Å². The van der Waals surface area contributed by atoms with Gasteiger partial charge in [0.15, 0.2) is 0 Å². The van der Waals surface area contributed by atoms with Crippen LogP contribution in [0.1, 0.15) is 44.6 Å². The fraction of sp³-hybridized carbons (Fsp3) is 0.241. The molecule has 0 fully saturated rings. The number of fused-ring (bicyclic) bond motifs is 1. The van der Waals surface area contributed by atoms with E-state index in [0.717, 1.165) is 42.0 Å². The number of hydrogen-bond donors (Lipinski definition) is 0. The summed E-state index contributed by atoms with van der Waals surface area (Å²) < 4.78 is 58.5. The molecule has 0 bridgehead atoms. The molecular formula is C29H26F4. The maximum absolute atomic E-state index is 15.3. The van der Waals surface area contributed by atoms with Crippen molar-refractivity contribution < 1.29 is 17.6 Å². The first-order chi connectivity index (χ1) is 16.0. The van der Waals surface area contributed by atoms with E-state index in [1.54, 1.807) is 18.2 Å². The lowest BCUT2D eigenvalue weighted by Gasteiger charge is -2.12. The van der Waals surface area contributed by atoms with E-state index in [1.165, 1.54) is 43.9 Å². The normalized spacial score (nSPS) is 11.3. The molecule has 170 valence electrons. The van der Waals surface area contributed by atoms with Crippen molar-refractivity contribution in [3.05, 3.63) is 95.6 Å². The first-order valence-corrected chi connectivity index (χ1v) is 11.4. The fourth-order valence-corrected chi connectivity index (χ4v) is 4.30. The van der Waals surface area contributed by atoms with Crippen LogP contribution in [0, 0.1) is 23.3 Å². The van der Waals surface area contributed by atoms with Crippen molar-refractivity contribution in [2.24, 2.45) is 0 Å². The summed E-state index contributed by atoms with van der Waals surface area (Å²) in [4.78, 5) is 0. The molecule has 0 aliphatic heterocycles. The highest BCUT2D eigenvalue weighted by Gasteiger charge is 2.17. The molecule has 0 saturated heterocycles. The van der Waals surface area contributed by atoms with Gasteiger partial charge in [0.2, 0.25) is 0 Å². The van der Waals surface area contributed by atoms with Gasteiger partial charge in [-0.1, -0.05) is 75.1 Å².